The van der Waals surface area contributed by atoms with Gasteiger partial charge in [0.25, 0.3) is 0 Å². The molecular formula is C15H14N2OS4. The predicted molar refractivity (Wildman–Crippen MR) is 101 cm³/mol. The van der Waals surface area contributed by atoms with Gasteiger partial charge in [-0.15, -0.1) is 0 Å². The molecule has 1 aliphatic rings. The van der Waals surface area contributed by atoms with E-state index in [1.165, 1.54) is 23.5 Å². The number of rotatable bonds is 4. The van der Waals surface area contributed by atoms with Crippen molar-refractivity contribution in [1.29, 1.82) is 5.26 Å². The fourth-order valence-corrected chi connectivity index (χ4v) is 4.77. The smallest absolute Gasteiger partial charge is 0.230 e. The molecule has 1 aromatic rings. The van der Waals surface area contributed by atoms with E-state index >= 15 is 0 Å². The second-order valence-corrected chi connectivity index (χ2v) is 8.84. The maximum Gasteiger partial charge on any atom is 0.230 e. The molecule has 0 spiro atoms. The van der Waals surface area contributed by atoms with Gasteiger partial charge in [-0.1, -0.05) is 78.3 Å². The Morgan fingerprint density at radius 1 is 1.50 bits per heavy atom. The first-order valence-electron chi connectivity index (χ1n) is 6.62. The van der Waals surface area contributed by atoms with E-state index in [2.05, 4.69) is 6.07 Å². The number of hydrogen-bond donors (Lipinski definition) is 0. The first-order valence-corrected chi connectivity index (χ1v) is 9.24. The van der Waals surface area contributed by atoms with Gasteiger partial charge in [0.05, 0.1) is 16.7 Å². The predicted octanol–water partition coefficient (Wildman–Crippen LogP) is 3.63. The number of amides is 1. The topological polar surface area (TPSA) is 44.1 Å². The van der Waals surface area contributed by atoms with Gasteiger partial charge < -0.3 is 0 Å². The Bertz CT molecular complexity index is 641. The van der Waals surface area contributed by atoms with E-state index in [1.807, 2.05) is 30.3 Å². The van der Waals surface area contributed by atoms with Crippen molar-refractivity contribution in [3.8, 4) is 6.07 Å². The summed E-state index contributed by atoms with van der Waals surface area (Å²) in [6.07, 6.45) is 0.0990. The Hall–Kier alpha value is -0.940. The summed E-state index contributed by atoms with van der Waals surface area (Å²) in [5, 5.41) is 9.50. The minimum Gasteiger partial charge on any atom is -0.297 e. The molecule has 3 nitrogen and oxygen atoms in total. The maximum absolute atomic E-state index is 12.4. The standard InChI is InChI=1S/C15H14N2OS4/c1-15(10-16,9-12(18)17-7-8-21-14(17)20)22-13(19)11-5-3-2-4-6-11/h2-6H,7-9H2,1H3. The molecule has 1 heterocycles. The molecular weight excluding hydrogens is 352 g/mol. The Morgan fingerprint density at radius 2 is 2.18 bits per heavy atom. The summed E-state index contributed by atoms with van der Waals surface area (Å²) in [5.74, 6) is 0.714. The summed E-state index contributed by atoms with van der Waals surface area (Å²) < 4.78 is 0.323. The number of nitriles is 1. The minimum atomic E-state index is -0.896. The van der Waals surface area contributed by atoms with Crippen LogP contribution in [0, 0.1) is 11.3 Å². The third kappa shape index (κ3) is 4.29. The number of thioether (sulfide) groups is 2. The first kappa shape index (κ1) is 17.4. The highest BCUT2D eigenvalue weighted by molar-refractivity contribution is 8.24. The molecule has 1 amide bonds. The van der Waals surface area contributed by atoms with Gasteiger partial charge in [0.1, 0.15) is 9.07 Å². The van der Waals surface area contributed by atoms with Gasteiger partial charge in [0.15, 0.2) is 0 Å². The van der Waals surface area contributed by atoms with Crippen molar-refractivity contribution in [2.24, 2.45) is 0 Å². The van der Waals surface area contributed by atoms with Crippen LogP contribution >= 0.6 is 48.0 Å². The fourth-order valence-electron chi connectivity index (χ4n) is 1.94. The van der Waals surface area contributed by atoms with Gasteiger partial charge >= 0.3 is 0 Å². The van der Waals surface area contributed by atoms with Gasteiger partial charge in [0.2, 0.25) is 5.91 Å². The van der Waals surface area contributed by atoms with Crippen molar-refractivity contribution in [2.45, 2.75) is 18.1 Å². The zero-order valence-electron chi connectivity index (χ0n) is 11.9. The van der Waals surface area contributed by atoms with E-state index in [9.17, 15) is 10.1 Å². The highest BCUT2D eigenvalue weighted by Gasteiger charge is 2.34. The molecule has 0 saturated carbocycles. The van der Waals surface area contributed by atoms with E-state index in [1.54, 1.807) is 11.8 Å². The lowest BCUT2D eigenvalue weighted by Gasteiger charge is -2.23. The molecule has 1 unspecified atom stereocenters. The molecule has 1 saturated heterocycles. The largest absolute Gasteiger partial charge is 0.297 e. The molecule has 7 heteroatoms. The van der Waals surface area contributed by atoms with Crippen LogP contribution in [0.1, 0.15) is 18.9 Å². The van der Waals surface area contributed by atoms with Gasteiger partial charge in [0, 0.05) is 12.3 Å². The average Bonchev–Trinajstić information content (AvgIpc) is 2.94. The summed E-state index contributed by atoms with van der Waals surface area (Å²) in [6, 6.07) is 11.7. The Morgan fingerprint density at radius 3 is 2.73 bits per heavy atom. The van der Waals surface area contributed by atoms with Gasteiger partial charge in [-0.2, -0.15) is 5.26 Å². The second-order valence-electron chi connectivity index (χ2n) is 4.93. The third-order valence-corrected chi connectivity index (χ3v) is 6.14. The van der Waals surface area contributed by atoms with E-state index in [0.29, 0.717) is 15.1 Å². The van der Waals surface area contributed by atoms with Crippen molar-refractivity contribution in [1.82, 2.24) is 4.90 Å². The van der Waals surface area contributed by atoms with Crippen LogP contribution in [0.3, 0.4) is 0 Å². The van der Waals surface area contributed by atoms with E-state index in [4.69, 9.17) is 24.4 Å². The highest BCUT2D eigenvalue weighted by Crippen LogP contribution is 2.33. The van der Waals surface area contributed by atoms with Crippen LogP contribution in [0.25, 0.3) is 0 Å². The molecule has 0 aromatic heterocycles. The van der Waals surface area contributed by atoms with Crippen molar-refractivity contribution in [3.63, 3.8) is 0 Å². The summed E-state index contributed by atoms with van der Waals surface area (Å²) in [5.41, 5.74) is 0.892. The summed E-state index contributed by atoms with van der Waals surface area (Å²) in [7, 11) is 0. The van der Waals surface area contributed by atoms with Crippen LogP contribution in [0.4, 0.5) is 0 Å². The summed E-state index contributed by atoms with van der Waals surface area (Å²) in [6.45, 7) is 2.37. The molecule has 0 aliphatic carbocycles. The van der Waals surface area contributed by atoms with Crippen molar-refractivity contribution in [2.75, 3.05) is 12.3 Å². The van der Waals surface area contributed by atoms with Crippen LogP contribution in [-0.2, 0) is 4.79 Å². The SMILES string of the molecule is CC(C#N)(CC(=O)N1CCSC1=S)SC(=S)c1ccccc1. The second kappa shape index (κ2) is 7.55. The minimum absolute atomic E-state index is 0.0990. The van der Waals surface area contributed by atoms with E-state index < -0.39 is 4.75 Å². The summed E-state index contributed by atoms with van der Waals surface area (Å²) >= 11 is 13.3. The zero-order chi connectivity index (χ0) is 16.2. The van der Waals surface area contributed by atoms with Gasteiger partial charge in [-0.25, -0.2) is 0 Å². The lowest BCUT2D eigenvalue weighted by Crippen LogP contribution is -2.36. The van der Waals surface area contributed by atoms with Crippen LogP contribution in [0.5, 0.6) is 0 Å². The third-order valence-electron chi connectivity index (χ3n) is 3.11. The molecule has 0 N–H and O–H groups in total. The van der Waals surface area contributed by atoms with Crippen LogP contribution in [0.15, 0.2) is 30.3 Å². The number of nitrogens with zero attached hydrogens (tertiary/aromatic N) is 2. The molecule has 114 valence electrons. The van der Waals surface area contributed by atoms with Crippen LogP contribution < -0.4 is 0 Å². The van der Waals surface area contributed by atoms with Gasteiger partial charge in [-0.3, -0.25) is 9.69 Å². The molecule has 1 fully saturated rings. The van der Waals surface area contributed by atoms with E-state index in [0.717, 1.165) is 11.3 Å². The number of benzene rings is 1. The van der Waals surface area contributed by atoms with Crippen molar-refractivity contribution >= 4 is 62.4 Å². The highest BCUT2D eigenvalue weighted by atomic mass is 32.2. The molecule has 1 aliphatic heterocycles. The summed E-state index contributed by atoms with van der Waals surface area (Å²) in [4.78, 5) is 14.0. The quantitative estimate of drug-likeness (QED) is 0.758. The molecule has 1 atom stereocenters. The molecule has 1 aromatic carbocycles. The lowest BCUT2D eigenvalue weighted by molar-refractivity contribution is -0.127. The molecule has 0 bridgehead atoms. The molecule has 2 rings (SSSR count). The molecule has 22 heavy (non-hydrogen) atoms. The number of carbonyl (C=O) groups excluding carboxylic acids is 1. The Labute approximate surface area is 149 Å². The Kier molecular flexibility index (Phi) is 5.98. The number of carbonyl (C=O) groups is 1. The first-order chi connectivity index (χ1) is 10.4. The number of hydrogen-bond acceptors (Lipinski definition) is 6. The number of thiocarbonyl (C=S) groups is 2. The zero-order valence-corrected chi connectivity index (χ0v) is 15.2. The monoisotopic (exact) mass is 366 g/mol. The Balaban J connectivity index is 2.06. The van der Waals surface area contributed by atoms with Gasteiger partial charge in [-0.05, 0) is 12.5 Å². The fraction of sp³-hybridized carbons (Fsp3) is 0.333. The lowest BCUT2D eigenvalue weighted by atomic mass is 10.1. The molecule has 0 radical (unpaired) electrons. The normalized spacial score (nSPS) is 16.9. The van der Waals surface area contributed by atoms with Crippen LogP contribution in [0.2, 0.25) is 0 Å². The maximum atomic E-state index is 12.4. The van der Waals surface area contributed by atoms with Crippen molar-refractivity contribution in [3.05, 3.63) is 35.9 Å². The van der Waals surface area contributed by atoms with Crippen molar-refractivity contribution < 1.29 is 4.79 Å². The van der Waals surface area contributed by atoms with Crippen LogP contribution in [-0.4, -0.2) is 36.4 Å². The average molecular weight is 367 g/mol. The van der Waals surface area contributed by atoms with E-state index in [-0.39, 0.29) is 12.3 Å².